The van der Waals surface area contributed by atoms with Crippen LogP contribution in [0, 0.1) is 0 Å². The Labute approximate surface area is 72.9 Å². The molecule has 0 aliphatic heterocycles. The van der Waals surface area contributed by atoms with E-state index in [1.54, 1.807) is 0 Å². The van der Waals surface area contributed by atoms with Gasteiger partial charge < -0.3 is 25.5 Å². The molecule has 0 aromatic heterocycles. The molecule has 0 radical (unpaired) electrons. The summed E-state index contributed by atoms with van der Waals surface area (Å²) in [7, 11) is 0. The Balaban J connectivity index is 4.33. The Hall–Kier alpha value is -1.02. The van der Waals surface area contributed by atoms with E-state index in [-0.39, 0.29) is 0 Å². The molecule has 0 saturated carbocycles. The highest BCUT2D eigenvalue weighted by molar-refractivity contribution is 6.34. The molecule has 0 spiro atoms. The highest BCUT2D eigenvalue weighted by Crippen LogP contribution is 2.01. The number of rotatable bonds is 5. The van der Waals surface area contributed by atoms with E-state index in [0.717, 1.165) is 0 Å². The SMILES string of the molecule is O=C(O)C(=O)[C@@H](O)C(O)[C@@H](O)CO. The molecular formula is C6H10O7. The standard InChI is InChI=1S/C6H10O7/c7-1-2(8)3(9)4(10)5(11)6(12)13/h2-4,7-10H,1H2,(H,12,13)/t2-,3?,4-/m0/s1. The predicted molar refractivity (Wildman–Crippen MR) is 37.7 cm³/mol. The smallest absolute Gasteiger partial charge is 0.375 e. The fourth-order valence-electron chi connectivity index (χ4n) is 0.600. The van der Waals surface area contributed by atoms with Gasteiger partial charge in [0.2, 0.25) is 0 Å². The normalized spacial score (nSPS) is 17.5. The van der Waals surface area contributed by atoms with Gasteiger partial charge in [-0.05, 0) is 0 Å². The molecule has 5 N–H and O–H groups in total. The number of hydrogen-bond acceptors (Lipinski definition) is 6. The molecular weight excluding hydrogens is 184 g/mol. The van der Waals surface area contributed by atoms with E-state index in [1.807, 2.05) is 0 Å². The summed E-state index contributed by atoms with van der Waals surface area (Å²) in [5.41, 5.74) is 0. The lowest BCUT2D eigenvalue weighted by atomic mass is 10.1. The third-order valence-electron chi connectivity index (χ3n) is 1.38. The van der Waals surface area contributed by atoms with Gasteiger partial charge in [0.1, 0.15) is 12.2 Å². The second-order valence-corrected chi connectivity index (χ2v) is 2.35. The average molecular weight is 194 g/mol. The molecule has 0 amide bonds. The van der Waals surface area contributed by atoms with Crippen molar-refractivity contribution in [2.24, 2.45) is 0 Å². The Morgan fingerprint density at radius 2 is 1.62 bits per heavy atom. The second-order valence-electron chi connectivity index (χ2n) is 2.35. The van der Waals surface area contributed by atoms with E-state index in [2.05, 4.69) is 0 Å². The van der Waals surface area contributed by atoms with E-state index in [9.17, 15) is 9.59 Å². The molecule has 7 heteroatoms. The van der Waals surface area contributed by atoms with E-state index in [4.69, 9.17) is 25.5 Å². The molecule has 13 heavy (non-hydrogen) atoms. The minimum atomic E-state index is -2.24. The zero-order chi connectivity index (χ0) is 10.6. The number of aliphatic hydroxyl groups is 4. The quantitative estimate of drug-likeness (QED) is 0.289. The highest BCUT2D eigenvalue weighted by atomic mass is 16.4. The summed E-state index contributed by atoms with van der Waals surface area (Å²) >= 11 is 0. The maximum absolute atomic E-state index is 10.5. The molecule has 0 saturated heterocycles. The van der Waals surface area contributed by atoms with Crippen molar-refractivity contribution in [3.05, 3.63) is 0 Å². The molecule has 0 aliphatic rings. The lowest BCUT2D eigenvalue weighted by molar-refractivity contribution is -0.159. The van der Waals surface area contributed by atoms with Gasteiger partial charge >= 0.3 is 5.97 Å². The molecule has 76 valence electrons. The van der Waals surface area contributed by atoms with E-state index in [1.165, 1.54) is 0 Å². The molecule has 0 fully saturated rings. The first kappa shape index (κ1) is 12.0. The monoisotopic (exact) mass is 194 g/mol. The summed E-state index contributed by atoms with van der Waals surface area (Å²) in [6.45, 7) is -0.884. The van der Waals surface area contributed by atoms with Gasteiger partial charge in [0, 0.05) is 0 Å². The van der Waals surface area contributed by atoms with Crippen molar-refractivity contribution in [2.75, 3.05) is 6.61 Å². The number of Topliss-reactive ketones (excluding diaryl/α,β-unsaturated/α-hetero) is 1. The lowest BCUT2D eigenvalue weighted by Crippen LogP contribution is -2.46. The average Bonchev–Trinajstić information content (AvgIpc) is 2.12. The summed E-state index contributed by atoms with van der Waals surface area (Å²) in [6.07, 6.45) is -5.99. The van der Waals surface area contributed by atoms with E-state index < -0.39 is 36.7 Å². The van der Waals surface area contributed by atoms with Crippen molar-refractivity contribution >= 4 is 11.8 Å². The van der Waals surface area contributed by atoms with Crippen LogP contribution < -0.4 is 0 Å². The number of carbonyl (C=O) groups is 2. The number of ketones is 1. The summed E-state index contributed by atoms with van der Waals surface area (Å²) in [5, 5.41) is 42.8. The second kappa shape index (κ2) is 4.87. The van der Waals surface area contributed by atoms with Gasteiger partial charge in [-0.3, -0.25) is 4.79 Å². The van der Waals surface area contributed by atoms with Gasteiger partial charge in [-0.2, -0.15) is 0 Å². The molecule has 0 aromatic rings. The van der Waals surface area contributed by atoms with Crippen molar-refractivity contribution in [1.29, 1.82) is 0 Å². The number of carboxylic acid groups (broad SMARTS) is 1. The lowest BCUT2D eigenvalue weighted by Gasteiger charge is -2.18. The fraction of sp³-hybridized carbons (Fsp3) is 0.667. The third kappa shape index (κ3) is 3.07. The van der Waals surface area contributed by atoms with Crippen molar-refractivity contribution in [2.45, 2.75) is 18.3 Å². The number of carboxylic acids is 1. The number of aliphatic carboxylic acids is 1. The van der Waals surface area contributed by atoms with Crippen LogP contribution in [0.1, 0.15) is 0 Å². The maximum Gasteiger partial charge on any atom is 0.375 e. The summed E-state index contributed by atoms with van der Waals surface area (Å²) < 4.78 is 0. The molecule has 0 bridgehead atoms. The Morgan fingerprint density at radius 1 is 1.15 bits per heavy atom. The van der Waals surface area contributed by atoms with Gasteiger partial charge in [0.05, 0.1) is 6.61 Å². The van der Waals surface area contributed by atoms with E-state index in [0.29, 0.717) is 0 Å². The van der Waals surface area contributed by atoms with Crippen molar-refractivity contribution < 1.29 is 35.1 Å². The van der Waals surface area contributed by atoms with Crippen LogP contribution in [-0.4, -0.2) is 62.2 Å². The predicted octanol–water partition coefficient (Wildman–Crippen LogP) is -3.28. The van der Waals surface area contributed by atoms with Gasteiger partial charge in [-0.25, -0.2) is 4.79 Å². The number of hydrogen-bond donors (Lipinski definition) is 5. The summed E-state index contributed by atoms with van der Waals surface area (Å²) in [6, 6.07) is 0. The van der Waals surface area contributed by atoms with Gasteiger partial charge in [0.25, 0.3) is 5.78 Å². The maximum atomic E-state index is 10.5. The minimum Gasteiger partial charge on any atom is -0.475 e. The summed E-state index contributed by atoms with van der Waals surface area (Å²) in [5.74, 6) is -3.56. The van der Waals surface area contributed by atoms with Gasteiger partial charge in [-0.1, -0.05) is 0 Å². The Morgan fingerprint density at radius 3 is 1.92 bits per heavy atom. The fourth-order valence-corrected chi connectivity index (χ4v) is 0.600. The minimum absolute atomic E-state index is 0.884. The Bertz CT molecular complexity index is 201. The van der Waals surface area contributed by atoms with Crippen LogP contribution in [-0.2, 0) is 9.59 Å². The third-order valence-corrected chi connectivity index (χ3v) is 1.38. The van der Waals surface area contributed by atoms with Crippen LogP contribution >= 0.6 is 0 Å². The van der Waals surface area contributed by atoms with Gasteiger partial charge in [0.15, 0.2) is 6.10 Å². The Kier molecular flexibility index (Phi) is 4.49. The zero-order valence-corrected chi connectivity index (χ0v) is 6.49. The number of carbonyl (C=O) groups excluding carboxylic acids is 1. The first-order chi connectivity index (χ1) is 5.91. The molecule has 0 aliphatic carbocycles. The van der Waals surface area contributed by atoms with Crippen LogP contribution in [0.15, 0.2) is 0 Å². The molecule has 0 aromatic carbocycles. The first-order valence-electron chi connectivity index (χ1n) is 3.34. The van der Waals surface area contributed by atoms with Crippen LogP contribution in [0.25, 0.3) is 0 Å². The van der Waals surface area contributed by atoms with Crippen molar-refractivity contribution in [3.63, 3.8) is 0 Å². The van der Waals surface area contributed by atoms with E-state index >= 15 is 0 Å². The largest absolute Gasteiger partial charge is 0.475 e. The highest BCUT2D eigenvalue weighted by Gasteiger charge is 2.33. The first-order valence-corrected chi connectivity index (χ1v) is 3.34. The summed E-state index contributed by atoms with van der Waals surface area (Å²) in [4.78, 5) is 20.5. The molecule has 3 atom stereocenters. The molecule has 7 nitrogen and oxygen atoms in total. The van der Waals surface area contributed by atoms with Crippen LogP contribution in [0.5, 0.6) is 0 Å². The zero-order valence-electron chi connectivity index (χ0n) is 6.49. The molecule has 1 unspecified atom stereocenters. The molecule has 0 heterocycles. The van der Waals surface area contributed by atoms with Gasteiger partial charge in [-0.15, -0.1) is 0 Å². The van der Waals surface area contributed by atoms with Crippen LogP contribution in [0.2, 0.25) is 0 Å². The topological polar surface area (TPSA) is 135 Å². The van der Waals surface area contributed by atoms with Crippen molar-refractivity contribution in [1.82, 2.24) is 0 Å². The molecule has 0 rings (SSSR count). The number of aliphatic hydroxyl groups excluding tert-OH is 4. The van der Waals surface area contributed by atoms with Crippen LogP contribution in [0.4, 0.5) is 0 Å². The van der Waals surface area contributed by atoms with Crippen LogP contribution in [0.3, 0.4) is 0 Å². The van der Waals surface area contributed by atoms with Crippen molar-refractivity contribution in [3.8, 4) is 0 Å².